The summed E-state index contributed by atoms with van der Waals surface area (Å²) in [6.45, 7) is 1.03. The highest BCUT2D eigenvalue weighted by Gasteiger charge is 2.28. The molecule has 5 heteroatoms. The summed E-state index contributed by atoms with van der Waals surface area (Å²) < 4.78 is 1.43. The second kappa shape index (κ2) is 6.52. The van der Waals surface area contributed by atoms with Gasteiger partial charge in [0.1, 0.15) is 6.54 Å². The molecule has 104 valence electrons. The monoisotopic (exact) mass is 264 g/mol. The molecule has 0 aliphatic carbocycles. The van der Waals surface area contributed by atoms with Gasteiger partial charge in [0.2, 0.25) is 5.91 Å². The Balaban J connectivity index is 1.99. The number of carbonyl (C=O) groups is 1. The summed E-state index contributed by atoms with van der Waals surface area (Å²) in [5.74, 6) is -0.00580. The van der Waals surface area contributed by atoms with Gasteiger partial charge in [0, 0.05) is 31.5 Å². The number of amides is 1. The van der Waals surface area contributed by atoms with Crippen LogP contribution in [0.4, 0.5) is 0 Å². The lowest BCUT2D eigenvalue weighted by molar-refractivity contribution is -0.132. The van der Waals surface area contributed by atoms with Gasteiger partial charge in [-0.3, -0.25) is 9.59 Å². The third-order valence-electron chi connectivity index (χ3n) is 3.60. The van der Waals surface area contributed by atoms with Crippen molar-refractivity contribution >= 4 is 5.91 Å². The van der Waals surface area contributed by atoms with Crippen molar-refractivity contribution in [2.45, 2.75) is 38.3 Å². The first-order valence-corrected chi connectivity index (χ1v) is 6.78. The van der Waals surface area contributed by atoms with Crippen LogP contribution in [0.2, 0.25) is 0 Å². The van der Waals surface area contributed by atoms with E-state index in [2.05, 4.69) is 0 Å². The molecular weight excluding hydrogens is 244 g/mol. The molecule has 1 atom stereocenters. The molecule has 1 aromatic heterocycles. The maximum Gasteiger partial charge on any atom is 0.250 e. The number of hydrogen-bond donors (Lipinski definition) is 1. The van der Waals surface area contributed by atoms with Gasteiger partial charge in [-0.2, -0.15) is 0 Å². The molecule has 0 saturated carbocycles. The number of nitrogens with zero attached hydrogens (tertiary/aromatic N) is 2. The van der Waals surface area contributed by atoms with E-state index in [4.69, 9.17) is 5.11 Å². The molecule has 1 saturated heterocycles. The molecule has 1 aliphatic rings. The van der Waals surface area contributed by atoms with E-state index in [0.29, 0.717) is 0 Å². The van der Waals surface area contributed by atoms with Crippen LogP contribution in [0, 0.1) is 0 Å². The lowest BCUT2D eigenvalue weighted by atomic mass is 10.1. The van der Waals surface area contributed by atoms with E-state index >= 15 is 0 Å². The van der Waals surface area contributed by atoms with E-state index in [9.17, 15) is 9.59 Å². The van der Waals surface area contributed by atoms with Crippen molar-refractivity contribution in [3.8, 4) is 0 Å². The zero-order chi connectivity index (χ0) is 13.7. The fourth-order valence-corrected chi connectivity index (χ4v) is 2.62. The maximum atomic E-state index is 12.2. The molecular formula is C14H20N2O3. The smallest absolute Gasteiger partial charge is 0.250 e. The van der Waals surface area contributed by atoms with Gasteiger partial charge in [-0.15, -0.1) is 0 Å². The fraction of sp³-hybridized carbons (Fsp3) is 0.571. The van der Waals surface area contributed by atoms with Gasteiger partial charge in [0.25, 0.3) is 5.56 Å². The molecule has 0 radical (unpaired) electrons. The second-order valence-corrected chi connectivity index (χ2v) is 4.92. The molecule has 2 heterocycles. The van der Waals surface area contributed by atoms with E-state index in [1.807, 2.05) is 4.90 Å². The molecule has 1 N–H and O–H groups in total. The molecule has 1 aliphatic heterocycles. The highest BCUT2D eigenvalue weighted by molar-refractivity contribution is 5.76. The Morgan fingerprint density at radius 1 is 1.42 bits per heavy atom. The normalized spacial score (nSPS) is 18.8. The Kier molecular flexibility index (Phi) is 4.74. The molecule has 0 aromatic carbocycles. The summed E-state index contributed by atoms with van der Waals surface area (Å²) in [5, 5.41) is 8.87. The summed E-state index contributed by atoms with van der Waals surface area (Å²) in [6, 6.07) is 5.10. The zero-order valence-electron chi connectivity index (χ0n) is 11.0. The zero-order valence-corrected chi connectivity index (χ0v) is 11.0. The topological polar surface area (TPSA) is 62.5 Å². The van der Waals surface area contributed by atoms with E-state index in [0.717, 1.165) is 32.2 Å². The van der Waals surface area contributed by atoms with Gasteiger partial charge in [0.05, 0.1) is 0 Å². The molecule has 2 rings (SSSR count). The number of likely N-dealkylation sites (tertiary alicyclic amines) is 1. The summed E-state index contributed by atoms with van der Waals surface area (Å²) in [5.41, 5.74) is -0.151. The molecule has 0 spiro atoms. The van der Waals surface area contributed by atoms with Crippen molar-refractivity contribution in [2.75, 3.05) is 13.2 Å². The Labute approximate surface area is 112 Å². The van der Waals surface area contributed by atoms with Crippen molar-refractivity contribution in [2.24, 2.45) is 0 Å². The minimum Gasteiger partial charge on any atom is -0.396 e. The molecule has 0 bridgehead atoms. The average molecular weight is 264 g/mol. The Hall–Kier alpha value is -1.62. The minimum absolute atomic E-state index is 0.00580. The van der Waals surface area contributed by atoms with Crippen LogP contribution >= 0.6 is 0 Å². The minimum atomic E-state index is -0.151. The molecule has 1 unspecified atom stereocenters. The van der Waals surface area contributed by atoms with Crippen LogP contribution in [0.3, 0.4) is 0 Å². The highest BCUT2D eigenvalue weighted by Crippen LogP contribution is 2.21. The molecule has 1 aromatic rings. The third kappa shape index (κ3) is 3.44. The van der Waals surface area contributed by atoms with E-state index in [-0.39, 0.29) is 30.7 Å². The summed E-state index contributed by atoms with van der Waals surface area (Å²) in [6.07, 6.45) is 5.20. The van der Waals surface area contributed by atoms with Crippen molar-refractivity contribution < 1.29 is 9.90 Å². The van der Waals surface area contributed by atoms with Crippen LogP contribution in [-0.4, -0.2) is 39.7 Å². The van der Waals surface area contributed by atoms with Crippen LogP contribution in [-0.2, 0) is 11.3 Å². The SMILES string of the molecule is O=C(Cn1ccccc1=O)N1CCCC1CCCO. The Morgan fingerprint density at radius 3 is 3.00 bits per heavy atom. The lowest BCUT2D eigenvalue weighted by Gasteiger charge is -2.24. The second-order valence-electron chi connectivity index (χ2n) is 4.92. The van der Waals surface area contributed by atoms with Crippen LogP contribution < -0.4 is 5.56 Å². The number of aromatic nitrogens is 1. The molecule has 19 heavy (non-hydrogen) atoms. The lowest BCUT2D eigenvalue weighted by Crippen LogP contribution is -2.39. The Morgan fingerprint density at radius 2 is 2.26 bits per heavy atom. The first kappa shape index (κ1) is 13.8. The maximum absolute atomic E-state index is 12.2. The fourth-order valence-electron chi connectivity index (χ4n) is 2.62. The van der Waals surface area contributed by atoms with Crippen molar-refractivity contribution in [3.05, 3.63) is 34.7 Å². The third-order valence-corrected chi connectivity index (χ3v) is 3.60. The van der Waals surface area contributed by atoms with Crippen LogP contribution in [0.5, 0.6) is 0 Å². The number of pyridine rings is 1. The number of aliphatic hydroxyl groups excluding tert-OH is 1. The summed E-state index contributed by atoms with van der Waals surface area (Å²) in [7, 11) is 0. The first-order valence-electron chi connectivity index (χ1n) is 6.78. The molecule has 1 amide bonds. The van der Waals surface area contributed by atoms with Gasteiger partial charge < -0.3 is 14.6 Å². The quantitative estimate of drug-likeness (QED) is 0.847. The highest BCUT2D eigenvalue weighted by atomic mass is 16.3. The van der Waals surface area contributed by atoms with Gasteiger partial charge in [0.15, 0.2) is 0 Å². The van der Waals surface area contributed by atoms with Gasteiger partial charge >= 0.3 is 0 Å². The summed E-state index contributed by atoms with van der Waals surface area (Å²) >= 11 is 0. The van der Waals surface area contributed by atoms with Crippen molar-refractivity contribution in [1.29, 1.82) is 0 Å². The first-order chi connectivity index (χ1) is 9.22. The van der Waals surface area contributed by atoms with Gasteiger partial charge in [-0.25, -0.2) is 0 Å². The van der Waals surface area contributed by atoms with Crippen LogP contribution in [0.25, 0.3) is 0 Å². The standard InChI is InChI=1S/C14H20N2O3/c17-10-4-6-12-5-3-9-16(12)14(19)11-15-8-2-1-7-13(15)18/h1-2,7-8,12,17H,3-6,9-11H2. The number of hydrogen-bond acceptors (Lipinski definition) is 3. The number of aliphatic hydroxyl groups is 1. The van der Waals surface area contributed by atoms with E-state index in [1.165, 1.54) is 10.6 Å². The average Bonchev–Trinajstić information content (AvgIpc) is 2.87. The van der Waals surface area contributed by atoms with Gasteiger partial charge in [-0.1, -0.05) is 6.07 Å². The predicted molar refractivity (Wildman–Crippen MR) is 71.8 cm³/mol. The molecule has 5 nitrogen and oxygen atoms in total. The molecule has 1 fully saturated rings. The van der Waals surface area contributed by atoms with E-state index < -0.39 is 0 Å². The predicted octanol–water partition coefficient (Wildman–Crippen LogP) is 0.612. The Bertz CT molecular complexity index is 484. The number of rotatable bonds is 5. The van der Waals surface area contributed by atoms with E-state index in [1.54, 1.807) is 18.3 Å². The largest absolute Gasteiger partial charge is 0.396 e. The van der Waals surface area contributed by atoms with Gasteiger partial charge in [-0.05, 0) is 31.7 Å². The van der Waals surface area contributed by atoms with Crippen LogP contribution in [0.15, 0.2) is 29.2 Å². The van der Waals surface area contributed by atoms with Crippen molar-refractivity contribution in [1.82, 2.24) is 9.47 Å². The summed E-state index contributed by atoms with van der Waals surface area (Å²) in [4.78, 5) is 25.7. The van der Waals surface area contributed by atoms with Crippen molar-refractivity contribution in [3.63, 3.8) is 0 Å². The van der Waals surface area contributed by atoms with Crippen LogP contribution in [0.1, 0.15) is 25.7 Å². The number of carbonyl (C=O) groups excluding carboxylic acids is 1.